The average Bonchev–Trinajstić information content (AvgIpc) is 2.60. The number of esters is 1. The molecule has 0 fully saturated rings. The van der Waals surface area contributed by atoms with Crippen molar-refractivity contribution < 1.29 is 23.8 Å². The van der Waals surface area contributed by atoms with E-state index < -0.39 is 5.97 Å². The number of para-hydroxylation sites is 2. The fourth-order valence-electron chi connectivity index (χ4n) is 2.02. The van der Waals surface area contributed by atoms with Crippen molar-refractivity contribution in [2.45, 2.75) is 6.92 Å². The summed E-state index contributed by atoms with van der Waals surface area (Å²) < 4.78 is 15.5. The number of carbonyl (C=O) groups excluding carboxylic acids is 2. The summed E-state index contributed by atoms with van der Waals surface area (Å²) in [5, 5.41) is 2.67. The van der Waals surface area contributed by atoms with Crippen LogP contribution in [0.1, 0.15) is 17.3 Å². The number of hydrogen-bond donors (Lipinski definition) is 1. The van der Waals surface area contributed by atoms with Gasteiger partial charge in [-0.25, -0.2) is 4.79 Å². The Hall–Kier alpha value is -3.02. The largest absolute Gasteiger partial charge is 0.493 e. The van der Waals surface area contributed by atoms with Gasteiger partial charge in [0.1, 0.15) is 0 Å². The second kappa shape index (κ2) is 8.57. The van der Waals surface area contributed by atoms with E-state index in [0.29, 0.717) is 29.4 Å². The summed E-state index contributed by atoms with van der Waals surface area (Å²) in [7, 11) is 1.53. The molecule has 0 aliphatic rings. The molecule has 0 radical (unpaired) electrons. The van der Waals surface area contributed by atoms with E-state index in [1.807, 2.05) is 6.07 Å². The predicted octanol–water partition coefficient (Wildman–Crippen LogP) is 2.89. The molecule has 0 aliphatic heterocycles. The van der Waals surface area contributed by atoms with Crippen LogP contribution in [0.25, 0.3) is 0 Å². The third kappa shape index (κ3) is 4.74. The minimum atomic E-state index is -0.432. The van der Waals surface area contributed by atoms with Gasteiger partial charge in [0.25, 0.3) is 5.91 Å². The van der Waals surface area contributed by atoms with E-state index in [-0.39, 0.29) is 12.5 Å². The van der Waals surface area contributed by atoms with E-state index in [2.05, 4.69) is 5.32 Å². The highest BCUT2D eigenvalue weighted by Crippen LogP contribution is 2.25. The van der Waals surface area contributed by atoms with Crippen LogP contribution >= 0.6 is 0 Å². The molecule has 0 bridgehead atoms. The second-order valence-electron chi connectivity index (χ2n) is 4.79. The highest BCUT2D eigenvalue weighted by molar-refractivity contribution is 5.95. The maximum Gasteiger partial charge on any atom is 0.338 e. The van der Waals surface area contributed by atoms with Gasteiger partial charge >= 0.3 is 5.97 Å². The smallest absolute Gasteiger partial charge is 0.338 e. The number of anilines is 1. The van der Waals surface area contributed by atoms with Crippen LogP contribution in [0.4, 0.5) is 5.69 Å². The van der Waals surface area contributed by atoms with Crippen molar-refractivity contribution >= 4 is 17.6 Å². The standard InChI is InChI=1S/C18H19NO5/c1-3-23-18(21)13-7-6-8-14(11-13)19-17(20)12-24-16-10-5-4-9-15(16)22-2/h4-11H,3,12H2,1-2H3,(H,19,20). The van der Waals surface area contributed by atoms with Crippen LogP contribution in [0, 0.1) is 0 Å². The maximum absolute atomic E-state index is 12.0. The van der Waals surface area contributed by atoms with Crippen molar-refractivity contribution in [2.75, 3.05) is 25.6 Å². The van der Waals surface area contributed by atoms with E-state index in [9.17, 15) is 9.59 Å². The van der Waals surface area contributed by atoms with Crippen molar-refractivity contribution in [1.82, 2.24) is 0 Å². The van der Waals surface area contributed by atoms with Crippen molar-refractivity contribution in [1.29, 1.82) is 0 Å². The lowest BCUT2D eigenvalue weighted by atomic mass is 10.2. The van der Waals surface area contributed by atoms with Gasteiger partial charge in [-0.05, 0) is 37.3 Å². The fraction of sp³-hybridized carbons (Fsp3) is 0.222. The van der Waals surface area contributed by atoms with Crippen LogP contribution < -0.4 is 14.8 Å². The summed E-state index contributed by atoms with van der Waals surface area (Å²) in [4.78, 5) is 23.7. The molecule has 1 N–H and O–H groups in total. The molecule has 0 atom stereocenters. The lowest BCUT2D eigenvalue weighted by Gasteiger charge is -2.11. The number of ether oxygens (including phenoxy) is 3. The van der Waals surface area contributed by atoms with E-state index >= 15 is 0 Å². The third-order valence-corrected chi connectivity index (χ3v) is 3.09. The van der Waals surface area contributed by atoms with Crippen molar-refractivity contribution in [3.05, 3.63) is 54.1 Å². The molecule has 0 spiro atoms. The highest BCUT2D eigenvalue weighted by atomic mass is 16.5. The topological polar surface area (TPSA) is 73.9 Å². The van der Waals surface area contributed by atoms with Crippen LogP contribution in [-0.2, 0) is 9.53 Å². The Kier molecular flexibility index (Phi) is 6.19. The molecule has 0 aliphatic carbocycles. The first-order valence-electron chi connectivity index (χ1n) is 7.47. The average molecular weight is 329 g/mol. The summed E-state index contributed by atoms with van der Waals surface area (Å²) in [5.74, 6) is 0.255. The molecule has 1 amide bonds. The van der Waals surface area contributed by atoms with Crippen LogP contribution in [0.3, 0.4) is 0 Å². The molecule has 0 saturated carbocycles. The minimum Gasteiger partial charge on any atom is -0.493 e. The Balaban J connectivity index is 1.95. The number of carbonyl (C=O) groups is 2. The Bertz CT molecular complexity index is 714. The Morgan fingerprint density at radius 3 is 2.50 bits per heavy atom. The summed E-state index contributed by atoms with van der Waals surface area (Å²) in [5.41, 5.74) is 0.870. The summed E-state index contributed by atoms with van der Waals surface area (Å²) in [6.45, 7) is 1.85. The molecule has 0 aromatic heterocycles. The zero-order chi connectivity index (χ0) is 17.4. The van der Waals surface area contributed by atoms with Crippen molar-refractivity contribution in [3.63, 3.8) is 0 Å². The van der Waals surface area contributed by atoms with Gasteiger partial charge in [0.05, 0.1) is 19.3 Å². The molecule has 2 aromatic rings. The van der Waals surface area contributed by atoms with Gasteiger partial charge in [0.2, 0.25) is 0 Å². The third-order valence-electron chi connectivity index (χ3n) is 3.09. The number of methoxy groups -OCH3 is 1. The maximum atomic E-state index is 12.0. The number of nitrogens with one attached hydrogen (secondary N) is 1. The molecule has 0 saturated heterocycles. The minimum absolute atomic E-state index is 0.177. The number of amides is 1. The van der Waals surface area contributed by atoms with Gasteiger partial charge < -0.3 is 19.5 Å². The van der Waals surface area contributed by atoms with E-state index in [1.165, 1.54) is 7.11 Å². The zero-order valence-corrected chi connectivity index (χ0v) is 13.6. The molecule has 0 heterocycles. The SMILES string of the molecule is CCOC(=O)c1cccc(NC(=O)COc2ccccc2OC)c1. The molecule has 6 heteroatoms. The Morgan fingerprint density at radius 1 is 1.04 bits per heavy atom. The number of rotatable bonds is 7. The first-order chi connectivity index (χ1) is 11.6. The first kappa shape index (κ1) is 17.3. The van der Waals surface area contributed by atoms with Crippen LogP contribution in [0.2, 0.25) is 0 Å². The van der Waals surface area contributed by atoms with E-state index in [4.69, 9.17) is 14.2 Å². The van der Waals surface area contributed by atoms with Gasteiger partial charge in [0.15, 0.2) is 18.1 Å². The first-order valence-corrected chi connectivity index (χ1v) is 7.47. The van der Waals surface area contributed by atoms with Gasteiger partial charge in [-0.15, -0.1) is 0 Å². The molecule has 126 valence electrons. The normalized spacial score (nSPS) is 9.92. The lowest BCUT2D eigenvalue weighted by Crippen LogP contribution is -2.20. The Morgan fingerprint density at radius 2 is 1.79 bits per heavy atom. The van der Waals surface area contributed by atoms with Crippen LogP contribution in [-0.4, -0.2) is 32.2 Å². The molecule has 0 unspecified atom stereocenters. The monoisotopic (exact) mass is 329 g/mol. The predicted molar refractivity (Wildman–Crippen MR) is 89.5 cm³/mol. The summed E-state index contributed by atoms with van der Waals surface area (Å²) >= 11 is 0. The molecular weight excluding hydrogens is 310 g/mol. The lowest BCUT2D eigenvalue weighted by molar-refractivity contribution is -0.118. The second-order valence-corrected chi connectivity index (χ2v) is 4.79. The quantitative estimate of drug-likeness (QED) is 0.791. The fourth-order valence-corrected chi connectivity index (χ4v) is 2.02. The molecule has 2 aromatic carbocycles. The molecular formula is C18H19NO5. The van der Waals surface area contributed by atoms with Crippen molar-refractivity contribution in [3.8, 4) is 11.5 Å². The van der Waals surface area contributed by atoms with Gasteiger partial charge in [-0.2, -0.15) is 0 Å². The van der Waals surface area contributed by atoms with Crippen LogP contribution in [0.5, 0.6) is 11.5 Å². The molecule has 6 nitrogen and oxygen atoms in total. The Labute approximate surface area is 140 Å². The summed E-state index contributed by atoms with van der Waals surface area (Å²) in [6, 6.07) is 13.6. The van der Waals surface area contributed by atoms with Gasteiger partial charge in [-0.3, -0.25) is 4.79 Å². The van der Waals surface area contributed by atoms with E-state index in [0.717, 1.165) is 0 Å². The molecule has 2 rings (SSSR count). The number of benzene rings is 2. The van der Waals surface area contributed by atoms with Crippen LogP contribution in [0.15, 0.2) is 48.5 Å². The van der Waals surface area contributed by atoms with Crippen molar-refractivity contribution in [2.24, 2.45) is 0 Å². The van der Waals surface area contributed by atoms with Gasteiger partial charge in [-0.1, -0.05) is 18.2 Å². The molecule has 24 heavy (non-hydrogen) atoms. The zero-order valence-electron chi connectivity index (χ0n) is 13.6. The van der Waals surface area contributed by atoms with E-state index in [1.54, 1.807) is 49.4 Å². The number of hydrogen-bond acceptors (Lipinski definition) is 5. The van der Waals surface area contributed by atoms with Gasteiger partial charge in [0, 0.05) is 5.69 Å². The summed E-state index contributed by atoms with van der Waals surface area (Å²) in [6.07, 6.45) is 0. The highest BCUT2D eigenvalue weighted by Gasteiger charge is 2.10.